The highest BCUT2D eigenvalue weighted by atomic mass is 28.4. The van der Waals surface area contributed by atoms with Crippen molar-refractivity contribution in [3.8, 4) is 0 Å². The first-order valence-corrected chi connectivity index (χ1v) is 74.5. The number of hydrogen-bond acceptors (Lipinski definition) is 32. The molecule has 0 spiro atoms. The third-order valence-corrected chi connectivity index (χ3v) is 72.3. The van der Waals surface area contributed by atoms with E-state index in [-0.39, 0.29) is 93.2 Å². The maximum atomic E-state index is 7.40. The number of rotatable bonds is 24. The highest BCUT2D eigenvalue weighted by Gasteiger charge is 2.74. The van der Waals surface area contributed by atoms with E-state index in [1.165, 1.54) is 0 Å². The van der Waals surface area contributed by atoms with Gasteiger partial charge in [0, 0.05) is 0 Å². The maximum absolute atomic E-state index is 7.40. The molecule has 18 saturated heterocycles. The third kappa shape index (κ3) is 22.2. The molecule has 18 aliphatic heterocycles. The molecule has 0 amide bonds. The fraction of sp³-hybridized carbons (Fsp3) is 1.00. The molecular formula is C96H176O32Si8. The smallest absolute Gasteiger partial charge is 0.192 e. The molecule has 18 aliphatic rings. The SMILES string of the molecule is CC(C)(C)[Si](C)(C)OCC1OC2OC3C(CO[Si](C)(C)C(C)(C)C)OC(OC4C(CO[Si](C)(C)C(C)(C)C)OC(OC5C(CO[Si](C)(C)C(C)(C)C)OC(OC6C(CO[Si](C)(C)C(C)(C)C)OC(OC7C(CO[Si](C)(C)C(C)(C)C)OC(OC8C(CO[Si](C)(C)C(C)(C)C)OC(OC9C(CO[Si](C)(C)C(C)(C)C)OC(OC1C1OC21)C1OC91)C1OC81)C1OC71)C1OC61)C1OC51)C1OC41)C1OC31. The summed E-state index contributed by atoms with van der Waals surface area (Å²) >= 11 is 0. The summed E-state index contributed by atoms with van der Waals surface area (Å²) in [6.07, 6.45) is -27.1. The van der Waals surface area contributed by atoms with Crippen molar-refractivity contribution in [1.82, 2.24) is 0 Å². The van der Waals surface area contributed by atoms with E-state index in [1.54, 1.807) is 0 Å². The number of hydrogen-bond donors (Lipinski definition) is 0. The van der Waals surface area contributed by atoms with Crippen molar-refractivity contribution in [2.45, 2.75) is 557 Å². The molecule has 0 aromatic rings. The molecule has 18 fully saturated rings. The summed E-state index contributed by atoms with van der Waals surface area (Å²) < 4.78 is 230. The summed E-state index contributed by atoms with van der Waals surface area (Å²) in [4.78, 5) is 0. The molecule has 40 heteroatoms. The summed E-state index contributed by atoms with van der Waals surface area (Å²) in [5.74, 6) is 0. The predicted octanol–water partition coefficient (Wildman–Crippen LogP) is 15.2. The van der Waals surface area contributed by atoms with Gasteiger partial charge in [-0.05, 0) is 145 Å². The second-order valence-electron chi connectivity index (χ2n) is 54.2. The third-order valence-electron chi connectivity index (χ3n) is 36.3. The first-order chi connectivity index (χ1) is 62.4. The maximum Gasteiger partial charge on any atom is 0.192 e. The highest BCUT2D eigenvalue weighted by molar-refractivity contribution is 6.77. The molecule has 0 aromatic carbocycles. The molecule has 0 saturated carbocycles. The van der Waals surface area contributed by atoms with Gasteiger partial charge in [-0.3, -0.25) is 0 Å². The van der Waals surface area contributed by atoms with Gasteiger partial charge in [0.05, 0.1) is 52.9 Å². The van der Waals surface area contributed by atoms with Crippen LogP contribution in [0.5, 0.6) is 0 Å². The lowest BCUT2D eigenvalue weighted by atomic mass is 10.0. The number of fused-ring (bicyclic) bond motifs is 8. The Hall–Kier alpha value is 0.455. The Morgan fingerprint density at radius 1 is 0.125 bits per heavy atom. The molecule has 18 rings (SSSR count). The van der Waals surface area contributed by atoms with E-state index in [4.69, 9.17) is 149 Å². The van der Waals surface area contributed by atoms with Crippen LogP contribution >= 0.6 is 0 Å². The van der Waals surface area contributed by atoms with Gasteiger partial charge in [-0.25, -0.2) is 0 Å². The van der Waals surface area contributed by atoms with Crippen molar-refractivity contribution in [2.75, 3.05) is 52.9 Å². The normalized spacial score (nSPS) is 43.9. The van der Waals surface area contributed by atoms with E-state index >= 15 is 0 Å². The molecule has 0 aromatic heterocycles. The second-order valence-corrected chi connectivity index (χ2v) is 92.7. The zero-order chi connectivity index (χ0) is 99.4. The van der Waals surface area contributed by atoms with E-state index < -0.39 is 312 Å². The van der Waals surface area contributed by atoms with E-state index in [1.807, 2.05) is 0 Å². The monoisotopic (exact) mass is 2070 g/mol. The lowest BCUT2D eigenvalue weighted by molar-refractivity contribution is -0.322. The van der Waals surface area contributed by atoms with Gasteiger partial charge in [-0.2, -0.15) is 0 Å². The molecule has 784 valence electrons. The van der Waals surface area contributed by atoms with E-state index in [0.717, 1.165) is 0 Å². The van der Waals surface area contributed by atoms with Crippen molar-refractivity contribution in [2.24, 2.45) is 0 Å². The fourth-order valence-corrected chi connectivity index (χ4v) is 25.9. The molecule has 136 heavy (non-hydrogen) atoms. The quantitative estimate of drug-likeness (QED) is 0.0640. The van der Waals surface area contributed by atoms with Gasteiger partial charge < -0.3 is 149 Å². The van der Waals surface area contributed by atoms with Gasteiger partial charge in [0.15, 0.2) is 117 Å². The van der Waals surface area contributed by atoms with Crippen LogP contribution in [0.4, 0.5) is 0 Å². The zero-order valence-electron chi connectivity index (χ0n) is 89.8. The molecule has 18 heterocycles. The summed E-state index contributed by atoms with van der Waals surface area (Å²) in [6.45, 7) is 90.9. The van der Waals surface area contributed by atoms with Gasteiger partial charge in [-0.15, -0.1) is 0 Å². The molecular weight excluding hydrogens is 1890 g/mol. The number of ether oxygens (including phenoxy) is 24. The molecule has 0 N–H and O–H groups in total. The summed E-state index contributed by atoms with van der Waals surface area (Å²) in [5.41, 5.74) is 0. The van der Waals surface area contributed by atoms with Crippen LogP contribution < -0.4 is 0 Å². The minimum atomic E-state index is -2.45. The first kappa shape index (κ1) is 108. The standard InChI is InChI=1S/C96H176O32Si8/c1-89(2,3)129(25,26)97-41-49-57-65-73(113-65)81(105-49)122-58-50(42-98-130(27,28)90(4,5)6)107-83(75-66(58)115-75)124-60-52(44-100-132(31,32)92(10,11)12)109-85(77-68(60)117-77)126-62-54(46-102-134(35,36)94(16,17)18)111-87(79-70(62)119-79)128-64-56(48-104-136(39,40)96(22,23)24)112-88(80-72(64)120-80)127-63-55(47-103-135(37,38)95(19,20)21)110-86(78-71(63)118-78)125-61-53(45-101-133(33,34)93(13,14)15)108-84(76-69(61)116-76)123-59-51(43-99-131(29,30)91(7,8)9)106-82(121-57)74-67(59)114-74/h49-88H,41-48H2,1-40H3. The van der Waals surface area contributed by atoms with Gasteiger partial charge in [0.2, 0.25) is 0 Å². The molecule has 16 bridgehead atoms. The van der Waals surface area contributed by atoms with Crippen LogP contribution in [0.3, 0.4) is 0 Å². The van der Waals surface area contributed by atoms with Crippen molar-refractivity contribution in [1.29, 1.82) is 0 Å². The molecule has 40 unspecified atom stereocenters. The van der Waals surface area contributed by atoms with Crippen LogP contribution in [-0.4, -0.2) is 365 Å². The molecule has 32 nitrogen and oxygen atoms in total. The van der Waals surface area contributed by atoms with Crippen LogP contribution in [0.25, 0.3) is 0 Å². The minimum Gasteiger partial charge on any atom is -0.414 e. The van der Waals surface area contributed by atoms with Crippen LogP contribution in [-0.2, 0) is 149 Å². The van der Waals surface area contributed by atoms with E-state index in [9.17, 15) is 0 Å². The average Bonchev–Trinajstić information content (AvgIpc) is 1.56. The van der Waals surface area contributed by atoms with Crippen LogP contribution in [0.1, 0.15) is 166 Å². The summed E-state index contributed by atoms with van der Waals surface area (Å²) in [5, 5.41) is -1.16. The average molecular weight is 2070 g/mol. The Balaban J connectivity index is 0.714. The minimum absolute atomic E-state index is 0.144. The van der Waals surface area contributed by atoms with Crippen molar-refractivity contribution >= 4 is 66.5 Å². The van der Waals surface area contributed by atoms with Gasteiger partial charge in [0.25, 0.3) is 0 Å². The lowest BCUT2D eigenvalue weighted by Crippen LogP contribution is -2.60. The van der Waals surface area contributed by atoms with Crippen molar-refractivity contribution in [3.63, 3.8) is 0 Å². The zero-order valence-corrected chi connectivity index (χ0v) is 97.8. The Labute approximate surface area is 820 Å². The van der Waals surface area contributed by atoms with E-state index in [0.29, 0.717) is 0 Å². The van der Waals surface area contributed by atoms with Crippen LogP contribution in [0.15, 0.2) is 0 Å². The molecule has 0 radical (unpaired) electrons. The van der Waals surface area contributed by atoms with Gasteiger partial charge in [0.1, 0.15) is 195 Å². The Morgan fingerprint density at radius 2 is 0.213 bits per heavy atom. The van der Waals surface area contributed by atoms with Crippen LogP contribution in [0, 0.1) is 0 Å². The van der Waals surface area contributed by atoms with Crippen molar-refractivity contribution < 1.29 is 149 Å². The Kier molecular flexibility index (Phi) is 29.5. The van der Waals surface area contributed by atoms with Gasteiger partial charge >= 0.3 is 0 Å². The van der Waals surface area contributed by atoms with E-state index in [2.05, 4.69) is 271 Å². The Bertz CT molecular complexity index is 3370. The molecule has 0 aliphatic carbocycles. The molecule has 40 atom stereocenters. The first-order valence-electron chi connectivity index (χ1n) is 51.2. The lowest BCUT2D eigenvalue weighted by Gasteiger charge is -2.44. The largest absolute Gasteiger partial charge is 0.414 e. The second kappa shape index (κ2) is 37.2. The summed E-state index contributed by atoms with van der Waals surface area (Å²) in [7, 11) is -19.6. The fourth-order valence-electron chi connectivity index (χ4n) is 17.8. The van der Waals surface area contributed by atoms with Gasteiger partial charge in [-0.1, -0.05) is 166 Å². The van der Waals surface area contributed by atoms with Crippen LogP contribution in [0.2, 0.25) is 145 Å². The Morgan fingerprint density at radius 3 is 0.294 bits per heavy atom. The summed E-state index contributed by atoms with van der Waals surface area (Å²) in [6, 6.07) is 0. The topological polar surface area (TPSA) is 322 Å². The number of epoxide rings is 8. The van der Waals surface area contributed by atoms with Crippen molar-refractivity contribution in [3.05, 3.63) is 0 Å². The highest BCUT2D eigenvalue weighted by Crippen LogP contribution is 2.57. The predicted molar refractivity (Wildman–Crippen MR) is 523 cm³/mol.